The zero-order valence-corrected chi connectivity index (χ0v) is 12.1. The summed E-state index contributed by atoms with van der Waals surface area (Å²) in [6.45, 7) is 2.03. The SMILES string of the molecule is COc1c(C(CO)NC2CCCCC2)c(C)nn1C. The summed E-state index contributed by atoms with van der Waals surface area (Å²) < 4.78 is 7.15. The van der Waals surface area contributed by atoms with Crippen LogP contribution in [0.5, 0.6) is 5.88 Å². The topological polar surface area (TPSA) is 59.3 Å². The van der Waals surface area contributed by atoms with Crippen LogP contribution in [0.25, 0.3) is 0 Å². The molecule has 5 heteroatoms. The molecule has 1 aromatic heterocycles. The number of hydrogen-bond donors (Lipinski definition) is 2. The zero-order chi connectivity index (χ0) is 13.8. The average Bonchev–Trinajstić information content (AvgIpc) is 2.71. The Morgan fingerprint density at radius 3 is 2.68 bits per heavy atom. The minimum absolute atomic E-state index is 0.0688. The first kappa shape index (κ1) is 14.3. The van der Waals surface area contributed by atoms with Gasteiger partial charge in [0.05, 0.1) is 31.0 Å². The number of aliphatic hydroxyl groups is 1. The van der Waals surface area contributed by atoms with E-state index in [2.05, 4.69) is 10.4 Å². The lowest BCUT2D eigenvalue weighted by Gasteiger charge is -2.27. The molecule has 1 heterocycles. The first-order chi connectivity index (χ1) is 9.17. The summed E-state index contributed by atoms with van der Waals surface area (Å²) >= 11 is 0. The molecule has 1 aliphatic rings. The minimum atomic E-state index is -0.0910. The Morgan fingerprint density at radius 1 is 1.42 bits per heavy atom. The largest absolute Gasteiger partial charge is 0.481 e. The Balaban J connectivity index is 2.16. The summed E-state index contributed by atoms with van der Waals surface area (Å²) in [7, 11) is 3.51. The molecule has 1 saturated carbocycles. The van der Waals surface area contributed by atoms with Crippen LogP contribution in [0.4, 0.5) is 0 Å². The standard InChI is InChI=1S/C14H25N3O2/c1-10-13(14(19-3)17(2)16-10)12(9-18)15-11-7-5-4-6-8-11/h11-12,15,18H,4-9H2,1-3H3. The van der Waals surface area contributed by atoms with Crippen LogP contribution in [0.3, 0.4) is 0 Å². The molecule has 0 radical (unpaired) electrons. The second-order valence-electron chi connectivity index (χ2n) is 5.37. The van der Waals surface area contributed by atoms with Gasteiger partial charge in [0.2, 0.25) is 5.88 Å². The molecule has 0 saturated heterocycles. The van der Waals surface area contributed by atoms with Crippen LogP contribution in [0.15, 0.2) is 0 Å². The van der Waals surface area contributed by atoms with Crippen molar-refractivity contribution in [1.82, 2.24) is 15.1 Å². The van der Waals surface area contributed by atoms with Crippen molar-refractivity contribution < 1.29 is 9.84 Å². The fourth-order valence-corrected chi connectivity index (χ4v) is 3.08. The second-order valence-corrected chi connectivity index (χ2v) is 5.37. The highest BCUT2D eigenvalue weighted by Crippen LogP contribution is 2.29. The maximum absolute atomic E-state index is 9.71. The number of aryl methyl sites for hydroxylation is 2. The fourth-order valence-electron chi connectivity index (χ4n) is 3.08. The highest BCUT2D eigenvalue weighted by molar-refractivity contribution is 5.34. The van der Waals surface area contributed by atoms with Crippen LogP contribution >= 0.6 is 0 Å². The van der Waals surface area contributed by atoms with Crippen LogP contribution in [0, 0.1) is 6.92 Å². The van der Waals surface area contributed by atoms with Gasteiger partial charge < -0.3 is 15.2 Å². The molecule has 0 spiro atoms. The molecule has 1 atom stereocenters. The molecule has 2 N–H and O–H groups in total. The predicted molar refractivity (Wildman–Crippen MR) is 74.3 cm³/mol. The number of aliphatic hydroxyl groups excluding tert-OH is 1. The highest BCUT2D eigenvalue weighted by Gasteiger charge is 2.25. The predicted octanol–water partition coefficient (Wildman–Crippen LogP) is 1.69. The number of nitrogens with one attached hydrogen (secondary N) is 1. The Labute approximate surface area is 115 Å². The Bertz CT molecular complexity index is 411. The van der Waals surface area contributed by atoms with Crippen LogP contribution in [-0.2, 0) is 7.05 Å². The summed E-state index contributed by atoms with van der Waals surface area (Å²) in [5, 5.41) is 17.7. The van der Waals surface area contributed by atoms with E-state index in [0.29, 0.717) is 6.04 Å². The van der Waals surface area contributed by atoms with E-state index in [1.165, 1.54) is 32.1 Å². The van der Waals surface area contributed by atoms with Gasteiger partial charge in [-0.1, -0.05) is 19.3 Å². The molecule has 1 unspecified atom stereocenters. The van der Waals surface area contributed by atoms with Gasteiger partial charge in [-0.3, -0.25) is 0 Å². The molecule has 19 heavy (non-hydrogen) atoms. The quantitative estimate of drug-likeness (QED) is 0.852. The highest BCUT2D eigenvalue weighted by atomic mass is 16.5. The third kappa shape index (κ3) is 3.09. The van der Waals surface area contributed by atoms with Gasteiger partial charge in [-0.15, -0.1) is 0 Å². The second kappa shape index (κ2) is 6.39. The van der Waals surface area contributed by atoms with Gasteiger partial charge in [0.15, 0.2) is 0 Å². The van der Waals surface area contributed by atoms with Gasteiger partial charge in [-0.2, -0.15) is 5.10 Å². The number of nitrogens with zero attached hydrogens (tertiary/aromatic N) is 2. The van der Waals surface area contributed by atoms with Crippen molar-refractivity contribution in [1.29, 1.82) is 0 Å². The average molecular weight is 267 g/mol. The summed E-state index contributed by atoms with van der Waals surface area (Å²) in [5.41, 5.74) is 1.90. The van der Waals surface area contributed by atoms with Crippen LogP contribution in [0.1, 0.15) is 49.4 Å². The lowest BCUT2D eigenvalue weighted by Crippen LogP contribution is -2.36. The van der Waals surface area contributed by atoms with Gasteiger partial charge in [0.1, 0.15) is 0 Å². The van der Waals surface area contributed by atoms with E-state index in [9.17, 15) is 5.11 Å². The number of ether oxygens (including phenoxy) is 1. The van der Waals surface area contributed by atoms with Crippen molar-refractivity contribution >= 4 is 0 Å². The molecule has 2 rings (SSSR count). The number of aromatic nitrogens is 2. The van der Waals surface area contributed by atoms with E-state index >= 15 is 0 Å². The van der Waals surface area contributed by atoms with Crippen LogP contribution < -0.4 is 10.1 Å². The summed E-state index contributed by atoms with van der Waals surface area (Å²) in [6, 6.07) is 0.405. The lowest BCUT2D eigenvalue weighted by molar-refractivity contribution is 0.216. The Morgan fingerprint density at radius 2 is 2.11 bits per heavy atom. The van der Waals surface area contributed by atoms with Crippen molar-refractivity contribution in [2.45, 2.75) is 51.1 Å². The van der Waals surface area contributed by atoms with Crippen LogP contribution in [0.2, 0.25) is 0 Å². The van der Waals surface area contributed by atoms with Crippen LogP contribution in [-0.4, -0.2) is 34.6 Å². The van der Waals surface area contributed by atoms with Crippen molar-refractivity contribution in [2.24, 2.45) is 7.05 Å². The molecule has 0 bridgehead atoms. The molecule has 108 valence electrons. The summed E-state index contributed by atoms with van der Waals surface area (Å²) in [6.07, 6.45) is 6.27. The molecule has 1 aromatic rings. The zero-order valence-electron chi connectivity index (χ0n) is 12.1. The molecule has 5 nitrogen and oxygen atoms in total. The van der Waals surface area contributed by atoms with E-state index in [0.717, 1.165) is 17.1 Å². The first-order valence-electron chi connectivity index (χ1n) is 7.11. The molecular formula is C14H25N3O2. The van der Waals surface area contributed by atoms with Gasteiger partial charge in [-0.25, -0.2) is 4.68 Å². The van der Waals surface area contributed by atoms with E-state index in [4.69, 9.17) is 4.74 Å². The molecule has 0 aliphatic heterocycles. The van der Waals surface area contributed by atoms with E-state index in [-0.39, 0.29) is 12.6 Å². The third-order valence-electron chi connectivity index (χ3n) is 3.98. The maximum atomic E-state index is 9.71. The van der Waals surface area contributed by atoms with Crippen molar-refractivity contribution in [3.63, 3.8) is 0 Å². The Kier molecular flexibility index (Phi) is 4.82. The maximum Gasteiger partial charge on any atom is 0.216 e. The van der Waals surface area contributed by atoms with Crippen molar-refractivity contribution in [3.8, 4) is 5.88 Å². The molecule has 1 aliphatic carbocycles. The van der Waals surface area contributed by atoms with Gasteiger partial charge in [0, 0.05) is 13.1 Å². The molecular weight excluding hydrogens is 242 g/mol. The number of methoxy groups -OCH3 is 1. The van der Waals surface area contributed by atoms with Gasteiger partial charge in [0.25, 0.3) is 0 Å². The monoisotopic (exact) mass is 267 g/mol. The van der Waals surface area contributed by atoms with E-state index in [1.54, 1.807) is 11.8 Å². The van der Waals surface area contributed by atoms with Gasteiger partial charge in [-0.05, 0) is 19.8 Å². The molecule has 1 fully saturated rings. The van der Waals surface area contributed by atoms with Crippen molar-refractivity contribution in [2.75, 3.05) is 13.7 Å². The number of rotatable bonds is 5. The minimum Gasteiger partial charge on any atom is -0.481 e. The fraction of sp³-hybridized carbons (Fsp3) is 0.786. The molecule has 0 aromatic carbocycles. The normalized spacial score (nSPS) is 18.5. The smallest absolute Gasteiger partial charge is 0.216 e. The number of hydrogen-bond acceptors (Lipinski definition) is 4. The molecule has 0 amide bonds. The first-order valence-corrected chi connectivity index (χ1v) is 7.11. The lowest BCUT2D eigenvalue weighted by atomic mass is 9.94. The third-order valence-corrected chi connectivity index (χ3v) is 3.98. The van der Waals surface area contributed by atoms with E-state index in [1.807, 2.05) is 14.0 Å². The Hall–Kier alpha value is -1.07. The summed E-state index contributed by atoms with van der Waals surface area (Å²) in [5.74, 6) is 0.736. The summed E-state index contributed by atoms with van der Waals surface area (Å²) in [4.78, 5) is 0. The van der Waals surface area contributed by atoms with Gasteiger partial charge >= 0.3 is 0 Å². The van der Waals surface area contributed by atoms with Crippen molar-refractivity contribution in [3.05, 3.63) is 11.3 Å². The van der Waals surface area contributed by atoms with E-state index < -0.39 is 0 Å².